The van der Waals surface area contributed by atoms with Gasteiger partial charge >= 0.3 is 0 Å². The van der Waals surface area contributed by atoms with Crippen molar-refractivity contribution in [3.05, 3.63) is 59.7 Å². The number of methoxy groups -OCH3 is 1. The first kappa shape index (κ1) is 26.2. The maximum atomic E-state index is 13.4. The maximum Gasteiger partial charge on any atom is 0.257 e. The zero-order chi connectivity index (χ0) is 25.7. The molecule has 7 nitrogen and oxygen atoms in total. The summed E-state index contributed by atoms with van der Waals surface area (Å²) in [6.07, 6.45) is 2.80. The van der Waals surface area contributed by atoms with Crippen LogP contribution in [0.25, 0.3) is 0 Å². The minimum absolute atomic E-state index is 0.0619. The van der Waals surface area contributed by atoms with Gasteiger partial charge in [0.05, 0.1) is 18.1 Å². The number of nitrogens with zero attached hydrogens (tertiary/aromatic N) is 2. The van der Waals surface area contributed by atoms with Gasteiger partial charge in [0.15, 0.2) is 0 Å². The van der Waals surface area contributed by atoms with E-state index in [1.54, 1.807) is 37.3 Å². The van der Waals surface area contributed by atoms with Crippen LogP contribution < -0.4 is 10.1 Å². The number of hydrogen-bond acceptors (Lipinski definition) is 5. The zero-order valence-corrected chi connectivity index (χ0v) is 21.9. The lowest BCUT2D eigenvalue weighted by atomic mass is 10.0. The molecule has 1 saturated carbocycles. The summed E-state index contributed by atoms with van der Waals surface area (Å²) >= 11 is 0. The summed E-state index contributed by atoms with van der Waals surface area (Å²) in [5, 5.41) is 2.96. The average Bonchev–Trinajstić information content (AvgIpc) is 3.69. The van der Waals surface area contributed by atoms with Crippen LogP contribution in [-0.4, -0.2) is 74.2 Å². The molecule has 0 spiro atoms. The summed E-state index contributed by atoms with van der Waals surface area (Å²) in [5.41, 5.74) is 2.05. The number of carbonyl (C=O) groups excluding carboxylic acids is 2. The highest BCUT2D eigenvalue weighted by Gasteiger charge is 2.31. The lowest BCUT2D eigenvalue weighted by Crippen LogP contribution is -2.47. The molecule has 1 heterocycles. The monoisotopic (exact) mass is 493 g/mol. The summed E-state index contributed by atoms with van der Waals surface area (Å²) < 4.78 is 12.1. The summed E-state index contributed by atoms with van der Waals surface area (Å²) in [6, 6.07) is 15.1. The highest BCUT2D eigenvalue weighted by molar-refractivity contribution is 5.98. The first-order valence-electron chi connectivity index (χ1n) is 13.0. The molecule has 1 fully saturated rings. The number of nitrogens with one attached hydrogen (secondary N) is 1. The largest absolute Gasteiger partial charge is 0.491 e. The van der Waals surface area contributed by atoms with Crippen molar-refractivity contribution >= 4 is 17.5 Å². The summed E-state index contributed by atoms with van der Waals surface area (Å²) in [4.78, 5) is 30.2. The van der Waals surface area contributed by atoms with Crippen LogP contribution >= 0.6 is 0 Å². The normalized spacial score (nSPS) is 23.7. The van der Waals surface area contributed by atoms with E-state index in [1.165, 1.54) is 12.8 Å². The fourth-order valence-corrected chi connectivity index (χ4v) is 4.80. The van der Waals surface area contributed by atoms with Gasteiger partial charge in [0.1, 0.15) is 12.4 Å². The topological polar surface area (TPSA) is 71.1 Å². The van der Waals surface area contributed by atoms with Gasteiger partial charge in [-0.3, -0.25) is 14.5 Å². The summed E-state index contributed by atoms with van der Waals surface area (Å²) in [5.74, 6) is 1.29. The Morgan fingerprint density at radius 2 is 1.86 bits per heavy atom. The third kappa shape index (κ3) is 6.86. The highest BCUT2D eigenvalue weighted by Crippen LogP contribution is 2.32. The second-order valence-electron chi connectivity index (χ2n) is 10.4. The third-order valence-corrected chi connectivity index (χ3v) is 7.26. The number of rotatable bonds is 6. The first-order valence-corrected chi connectivity index (χ1v) is 13.0. The molecule has 2 aromatic carbocycles. The minimum atomic E-state index is -0.121. The van der Waals surface area contributed by atoms with Crippen molar-refractivity contribution in [1.29, 1.82) is 0 Å². The standard InChI is InChI=1S/C29H39N3O4/c1-20-16-32(17-23-10-11-23)21(2)19-36-26-15-24(30-28(33)14-22-8-6-5-7-9-22)12-13-25(26)29(34)31(3)18-27(20)35-4/h5-9,12-13,15,20-21,23,27H,10-11,14,16-19H2,1-4H3,(H,30,33)/t20-,21-,27+/m1/s1. The molecule has 1 aliphatic heterocycles. The molecule has 7 heteroatoms. The van der Waals surface area contributed by atoms with Gasteiger partial charge in [0, 0.05) is 51.6 Å². The van der Waals surface area contributed by atoms with Crippen LogP contribution in [0.2, 0.25) is 0 Å². The molecule has 3 atom stereocenters. The van der Waals surface area contributed by atoms with Gasteiger partial charge in [-0.2, -0.15) is 0 Å². The second kappa shape index (κ2) is 11.9. The molecule has 0 aromatic heterocycles. The van der Waals surface area contributed by atoms with Gasteiger partial charge < -0.3 is 19.7 Å². The molecular weight excluding hydrogens is 454 g/mol. The molecule has 1 N–H and O–H groups in total. The van der Waals surface area contributed by atoms with Crippen molar-refractivity contribution in [3.63, 3.8) is 0 Å². The van der Waals surface area contributed by atoms with E-state index in [-0.39, 0.29) is 36.3 Å². The van der Waals surface area contributed by atoms with E-state index >= 15 is 0 Å². The van der Waals surface area contributed by atoms with E-state index in [9.17, 15) is 9.59 Å². The summed E-state index contributed by atoms with van der Waals surface area (Å²) in [7, 11) is 3.53. The number of fused-ring (bicyclic) bond motifs is 1. The molecule has 2 amide bonds. The third-order valence-electron chi connectivity index (χ3n) is 7.26. The van der Waals surface area contributed by atoms with Crippen molar-refractivity contribution in [2.45, 2.75) is 45.3 Å². The van der Waals surface area contributed by atoms with Crippen LogP contribution in [0.3, 0.4) is 0 Å². The molecule has 0 unspecified atom stereocenters. The molecule has 2 aliphatic rings. The van der Waals surface area contributed by atoms with Gasteiger partial charge in [0.2, 0.25) is 5.91 Å². The number of anilines is 1. The van der Waals surface area contributed by atoms with Gasteiger partial charge in [-0.05, 0) is 49.3 Å². The van der Waals surface area contributed by atoms with E-state index in [0.29, 0.717) is 30.2 Å². The van der Waals surface area contributed by atoms with E-state index in [1.807, 2.05) is 30.3 Å². The first-order chi connectivity index (χ1) is 17.3. The van der Waals surface area contributed by atoms with E-state index < -0.39 is 0 Å². The van der Waals surface area contributed by atoms with Crippen LogP contribution in [0.15, 0.2) is 48.5 Å². The molecule has 36 heavy (non-hydrogen) atoms. The van der Waals surface area contributed by atoms with Crippen LogP contribution in [0.4, 0.5) is 5.69 Å². The number of likely N-dealkylation sites (N-methyl/N-ethyl adjacent to an activating group) is 1. The molecule has 4 rings (SSSR count). The number of benzene rings is 2. The highest BCUT2D eigenvalue weighted by atomic mass is 16.5. The van der Waals surface area contributed by atoms with Crippen molar-refractivity contribution in [2.24, 2.45) is 11.8 Å². The van der Waals surface area contributed by atoms with Crippen LogP contribution in [0.5, 0.6) is 5.75 Å². The Hall–Kier alpha value is -2.90. The fraction of sp³-hybridized carbons (Fsp3) is 0.517. The molecule has 0 bridgehead atoms. The second-order valence-corrected chi connectivity index (χ2v) is 10.4. The Morgan fingerprint density at radius 1 is 1.11 bits per heavy atom. The van der Waals surface area contributed by atoms with Gasteiger partial charge in [0.25, 0.3) is 5.91 Å². The van der Waals surface area contributed by atoms with E-state index in [2.05, 4.69) is 24.1 Å². The van der Waals surface area contributed by atoms with Crippen LogP contribution in [0.1, 0.15) is 42.6 Å². The zero-order valence-electron chi connectivity index (χ0n) is 21.9. The maximum absolute atomic E-state index is 13.4. The Labute approximate surface area is 214 Å². The van der Waals surface area contributed by atoms with Gasteiger partial charge in [-0.1, -0.05) is 37.3 Å². The number of ether oxygens (including phenoxy) is 2. The van der Waals surface area contributed by atoms with E-state index in [4.69, 9.17) is 9.47 Å². The van der Waals surface area contributed by atoms with Crippen molar-refractivity contribution < 1.29 is 19.1 Å². The van der Waals surface area contributed by atoms with E-state index in [0.717, 1.165) is 24.6 Å². The average molecular weight is 494 g/mol. The van der Waals surface area contributed by atoms with Crippen molar-refractivity contribution in [1.82, 2.24) is 9.80 Å². The molecule has 194 valence electrons. The van der Waals surface area contributed by atoms with Crippen molar-refractivity contribution in [3.8, 4) is 5.75 Å². The SMILES string of the molecule is CO[C@H]1CN(C)C(=O)c2ccc(NC(=O)Cc3ccccc3)cc2OC[C@@H](C)N(CC2CC2)C[C@H]1C. The minimum Gasteiger partial charge on any atom is -0.491 e. The lowest BCUT2D eigenvalue weighted by Gasteiger charge is -2.36. The molecular formula is C29H39N3O4. The Morgan fingerprint density at radius 3 is 2.56 bits per heavy atom. The van der Waals surface area contributed by atoms with Gasteiger partial charge in [-0.25, -0.2) is 0 Å². The Bertz CT molecular complexity index is 1040. The number of hydrogen-bond donors (Lipinski definition) is 1. The summed E-state index contributed by atoms with van der Waals surface area (Å²) in [6.45, 7) is 7.29. The van der Waals surface area contributed by atoms with Crippen LogP contribution in [-0.2, 0) is 16.0 Å². The number of carbonyl (C=O) groups is 2. The quantitative estimate of drug-likeness (QED) is 0.657. The smallest absolute Gasteiger partial charge is 0.257 e. The lowest BCUT2D eigenvalue weighted by molar-refractivity contribution is -0.115. The van der Waals surface area contributed by atoms with Crippen molar-refractivity contribution in [2.75, 3.05) is 45.7 Å². The van der Waals surface area contributed by atoms with Crippen LogP contribution in [0, 0.1) is 11.8 Å². The predicted molar refractivity (Wildman–Crippen MR) is 141 cm³/mol. The predicted octanol–water partition coefficient (Wildman–Crippen LogP) is 4.08. The molecule has 1 aliphatic carbocycles. The molecule has 0 saturated heterocycles. The fourth-order valence-electron chi connectivity index (χ4n) is 4.80. The molecule has 0 radical (unpaired) electrons. The van der Waals surface area contributed by atoms with Gasteiger partial charge in [-0.15, -0.1) is 0 Å². The number of amides is 2. The Balaban J connectivity index is 1.56. The molecule has 2 aromatic rings. The Kier molecular flexibility index (Phi) is 8.64.